The van der Waals surface area contributed by atoms with E-state index in [1.54, 1.807) is 12.1 Å². The van der Waals surface area contributed by atoms with Gasteiger partial charge in [-0.3, -0.25) is 9.59 Å². The third-order valence-corrected chi connectivity index (χ3v) is 6.15. The van der Waals surface area contributed by atoms with Crippen molar-refractivity contribution < 1.29 is 9.59 Å². The minimum absolute atomic E-state index is 0.0375. The first-order chi connectivity index (χ1) is 11.4. The molecule has 0 aliphatic heterocycles. The molecular formula is C18H22Cl2N2O2. The van der Waals surface area contributed by atoms with Crippen LogP contribution in [0, 0.1) is 17.8 Å². The molecule has 6 heteroatoms. The Kier molecular flexibility index (Phi) is 5.36. The fraction of sp³-hybridized carbons (Fsp3) is 0.556. The molecule has 2 fully saturated rings. The summed E-state index contributed by atoms with van der Waals surface area (Å²) in [5, 5.41) is 6.37. The number of hydrogen-bond donors (Lipinski definition) is 2. The van der Waals surface area contributed by atoms with Gasteiger partial charge in [-0.25, -0.2) is 0 Å². The molecule has 2 saturated carbocycles. The monoisotopic (exact) mass is 368 g/mol. The Hall–Kier alpha value is -1.26. The van der Waals surface area contributed by atoms with Crippen molar-refractivity contribution in [2.24, 2.45) is 17.8 Å². The number of halogens is 2. The van der Waals surface area contributed by atoms with Crippen molar-refractivity contribution in [1.82, 2.24) is 10.6 Å². The van der Waals surface area contributed by atoms with E-state index >= 15 is 0 Å². The van der Waals surface area contributed by atoms with Gasteiger partial charge in [-0.1, -0.05) is 29.6 Å². The van der Waals surface area contributed by atoms with Crippen LogP contribution in [0.2, 0.25) is 10.0 Å². The Balaban J connectivity index is 1.46. The standard InChI is InChI=1S/C18H22Cl2N2O2/c1-10(14-7-11-2-3-12(14)6-11)22-17(23)9-21-18(24)13-4-5-15(19)16(20)8-13/h4-5,8,10-12,14H,2-3,6-7,9H2,1H3,(H,21,24)(H,22,23). The summed E-state index contributed by atoms with van der Waals surface area (Å²) in [5.41, 5.74) is 0.387. The van der Waals surface area contributed by atoms with Crippen LogP contribution in [0.5, 0.6) is 0 Å². The van der Waals surface area contributed by atoms with Gasteiger partial charge in [0.15, 0.2) is 0 Å². The summed E-state index contributed by atoms with van der Waals surface area (Å²) in [6, 6.07) is 4.81. The van der Waals surface area contributed by atoms with Crippen LogP contribution in [-0.4, -0.2) is 24.4 Å². The molecule has 2 aliphatic rings. The van der Waals surface area contributed by atoms with Gasteiger partial charge in [0.25, 0.3) is 5.91 Å². The summed E-state index contributed by atoms with van der Waals surface area (Å²) in [6.07, 6.45) is 5.19. The van der Waals surface area contributed by atoms with E-state index < -0.39 is 0 Å². The molecule has 4 atom stereocenters. The molecule has 1 aromatic rings. The summed E-state index contributed by atoms with van der Waals surface area (Å²) in [4.78, 5) is 24.2. The second kappa shape index (κ2) is 7.32. The number of carbonyl (C=O) groups excluding carboxylic acids is 2. The van der Waals surface area contributed by atoms with Crippen LogP contribution >= 0.6 is 23.2 Å². The zero-order valence-electron chi connectivity index (χ0n) is 13.6. The van der Waals surface area contributed by atoms with E-state index in [0.29, 0.717) is 21.5 Å². The highest BCUT2D eigenvalue weighted by molar-refractivity contribution is 6.42. The van der Waals surface area contributed by atoms with Crippen LogP contribution in [0.15, 0.2) is 18.2 Å². The highest BCUT2D eigenvalue weighted by Gasteiger charge is 2.42. The maximum absolute atomic E-state index is 12.1. The Morgan fingerprint density at radius 3 is 2.62 bits per heavy atom. The number of benzene rings is 1. The molecule has 2 bridgehead atoms. The molecule has 2 aliphatic carbocycles. The lowest BCUT2D eigenvalue weighted by Crippen LogP contribution is -2.44. The molecule has 0 radical (unpaired) electrons. The van der Waals surface area contributed by atoms with Crippen molar-refractivity contribution in [2.45, 2.75) is 38.6 Å². The van der Waals surface area contributed by atoms with Gasteiger partial charge in [0.1, 0.15) is 0 Å². The number of hydrogen-bond acceptors (Lipinski definition) is 2. The predicted octanol–water partition coefficient (Wildman–Crippen LogP) is 3.66. The second-order valence-corrected chi connectivity index (χ2v) is 7.82. The zero-order chi connectivity index (χ0) is 17.3. The summed E-state index contributed by atoms with van der Waals surface area (Å²) >= 11 is 11.7. The van der Waals surface area contributed by atoms with Gasteiger partial charge in [-0.15, -0.1) is 0 Å². The van der Waals surface area contributed by atoms with Crippen molar-refractivity contribution in [3.63, 3.8) is 0 Å². The smallest absolute Gasteiger partial charge is 0.251 e. The average Bonchev–Trinajstić information content (AvgIpc) is 3.18. The molecule has 1 aromatic carbocycles. The van der Waals surface area contributed by atoms with Gasteiger partial charge in [0.05, 0.1) is 16.6 Å². The first-order valence-electron chi connectivity index (χ1n) is 8.46. The minimum atomic E-state index is -0.337. The van der Waals surface area contributed by atoms with E-state index in [1.807, 2.05) is 0 Å². The SMILES string of the molecule is CC(NC(=O)CNC(=O)c1ccc(Cl)c(Cl)c1)C1CC2CCC1C2. The lowest BCUT2D eigenvalue weighted by atomic mass is 9.84. The summed E-state index contributed by atoms with van der Waals surface area (Å²) in [5.74, 6) is 1.71. The average molecular weight is 369 g/mol. The van der Waals surface area contributed by atoms with Gasteiger partial charge in [0.2, 0.25) is 5.91 Å². The van der Waals surface area contributed by atoms with Crippen molar-refractivity contribution in [1.29, 1.82) is 0 Å². The predicted molar refractivity (Wildman–Crippen MR) is 95.3 cm³/mol. The van der Waals surface area contributed by atoms with Crippen LogP contribution in [0.3, 0.4) is 0 Å². The molecule has 0 aromatic heterocycles. The summed E-state index contributed by atoms with van der Waals surface area (Å²) < 4.78 is 0. The molecule has 0 spiro atoms. The second-order valence-electron chi connectivity index (χ2n) is 7.01. The van der Waals surface area contributed by atoms with E-state index in [9.17, 15) is 9.59 Å². The van der Waals surface area contributed by atoms with Gasteiger partial charge < -0.3 is 10.6 Å². The quantitative estimate of drug-likeness (QED) is 0.832. The summed E-state index contributed by atoms with van der Waals surface area (Å²) in [7, 11) is 0. The van der Waals surface area contributed by atoms with E-state index in [4.69, 9.17) is 23.2 Å². The third kappa shape index (κ3) is 3.86. The van der Waals surface area contributed by atoms with Crippen LogP contribution in [0.25, 0.3) is 0 Å². The van der Waals surface area contributed by atoms with Gasteiger partial charge in [-0.05, 0) is 62.1 Å². The van der Waals surface area contributed by atoms with Crippen molar-refractivity contribution >= 4 is 35.0 Å². The lowest BCUT2D eigenvalue weighted by molar-refractivity contribution is -0.121. The molecule has 2 amide bonds. The molecular weight excluding hydrogens is 347 g/mol. The number of rotatable bonds is 5. The molecule has 24 heavy (non-hydrogen) atoms. The van der Waals surface area contributed by atoms with Crippen molar-refractivity contribution in [3.8, 4) is 0 Å². The van der Waals surface area contributed by atoms with Crippen LogP contribution in [-0.2, 0) is 4.79 Å². The van der Waals surface area contributed by atoms with Gasteiger partial charge in [0, 0.05) is 11.6 Å². The van der Waals surface area contributed by atoms with Crippen LogP contribution < -0.4 is 10.6 Å². The Labute approximate surface area is 152 Å². The Morgan fingerprint density at radius 1 is 1.21 bits per heavy atom. The molecule has 2 N–H and O–H groups in total. The van der Waals surface area contributed by atoms with Crippen LogP contribution in [0.4, 0.5) is 0 Å². The van der Waals surface area contributed by atoms with Crippen molar-refractivity contribution in [3.05, 3.63) is 33.8 Å². The van der Waals surface area contributed by atoms with Gasteiger partial charge >= 0.3 is 0 Å². The Morgan fingerprint density at radius 2 is 2.00 bits per heavy atom. The number of nitrogens with one attached hydrogen (secondary N) is 2. The van der Waals surface area contributed by atoms with E-state index in [2.05, 4.69) is 17.6 Å². The van der Waals surface area contributed by atoms with Crippen molar-refractivity contribution in [2.75, 3.05) is 6.54 Å². The molecule has 4 nitrogen and oxygen atoms in total. The maximum Gasteiger partial charge on any atom is 0.251 e. The highest BCUT2D eigenvalue weighted by Crippen LogP contribution is 2.49. The summed E-state index contributed by atoms with van der Waals surface area (Å²) in [6.45, 7) is 2.04. The molecule has 4 unspecified atom stereocenters. The molecule has 0 heterocycles. The zero-order valence-corrected chi connectivity index (χ0v) is 15.2. The van der Waals surface area contributed by atoms with E-state index in [-0.39, 0.29) is 24.4 Å². The third-order valence-electron chi connectivity index (χ3n) is 5.41. The minimum Gasteiger partial charge on any atom is -0.352 e. The van der Waals surface area contributed by atoms with E-state index in [1.165, 1.54) is 31.7 Å². The highest BCUT2D eigenvalue weighted by atomic mass is 35.5. The number of carbonyl (C=O) groups is 2. The molecule has 130 valence electrons. The fourth-order valence-corrected chi connectivity index (χ4v) is 4.52. The fourth-order valence-electron chi connectivity index (χ4n) is 4.22. The lowest BCUT2D eigenvalue weighted by Gasteiger charge is -2.28. The number of amides is 2. The molecule has 0 saturated heterocycles. The van der Waals surface area contributed by atoms with Crippen LogP contribution in [0.1, 0.15) is 43.0 Å². The largest absolute Gasteiger partial charge is 0.352 e. The first-order valence-corrected chi connectivity index (χ1v) is 9.22. The molecule has 3 rings (SSSR count). The van der Waals surface area contributed by atoms with Gasteiger partial charge in [-0.2, -0.15) is 0 Å². The van der Waals surface area contributed by atoms with E-state index in [0.717, 1.165) is 11.8 Å². The number of fused-ring (bicyclic) bond motifs is 2. The normalized spacial score (nSPS) is 26.2. The topological polar surface area (TPSA) is 58.2 Å². The Bertz CT molecular complexity index is 650. The first kappa shape index (κ1) is 17.6. The maximum atomic E-state index is 12.1.